The quantitative estimate of drug-likeness (QED) is 0.494. The molecule has 0 atom stereocenters. The molecule has 3 heteroatoms. The molecule has 0 amide bonds. The molecule has 0 aliphatic carbocycles. The van der Waals surface area contributed by atoms with E-state index in [2.05, 4.69) is 12.1 Å². The zero-order valence-corrected chi connectivity index (χ0v) is 12.1. The minimum Gasteiger partial charge on any atom is -0.488 e. The lowest BCUT2D eigenvalue weighted by Crippen LogP contribution is -2.06. The Hall–Kier alpha value is -2.81. The number of hydrogen-bond donors (Lipinski definition) is 0. The molecule has 1 heterocycles. The summed E-state index contributed by atoms with van der Waals surface area (Å²) in [5, 5.41) is 1.85. The molecule has 108 valence electrons. The Morgan fingerprint density at radius 1 is 0.955 bits per heavy atom. The number of ether oxygens (including phenoxy) is 2. The van der Waals surface area contributed by atoms with Crippen molar-refractivity contribution in [3.63, 3.8) is 0 Å². The van der Waals surface area contributed by atoms with Gasteiger partial charge in [-0.2, -0.15) is 0 Å². The minimum absolute atomic E-state index is 0.323. The summed E-state index contributed by atoms with van der Waals surface area (Å²) in [4.78, 5) is 11.3. The average Bonchev–Trinajstić information content (AvgIpc) is 2.54. The summed E-state index contributed by atoms with van der Waals surface area (Å²) < 4.78 is 11.3. The van der Waals surface area contributed by atoms with Crippen LogP contribution in [0.25, 0.3) is 21.9 Å². The normalized spacial score (nSPS) is 12.2. The van der Waals surface area contributed by atoms with Crippen LogP contribution in [-0.4, -0.2) is 5.97 Å². The number of carbonyl (C=O) groups excluding carboxylic acids is 1. The summed E-state index contributed by atoms with van der Waals surface area (Å²) in [5.74, 6) is 1.09. The van der Waals surface area contributed by atoms with Gasteiger partial charge in [-0.15, -0.1) is 0 Å². The van der Waals surface area contributed by atoms with Crippen molar-refractivity contribution in [1.29, 1.82) is 0 Å². The van der Waals surface area contributed by atoms with Crippen LogP contribution in [0.5, 0.6) is 11.5 Å². The first kappa shape index (κ1) is 12.9. The van der Waals surface area contributed by atoms with Crippen LogP contribution in [0.4, 0.5) is 0 Å². The first-order chi connectivity index (χ1) is 10.7. The predicted molar refractivity (Wildman–Crippen MR) is 85.0 cm³/mol. The van der Waals surface area contributed by atoms with Crippen LogP contribution in [0.3, 0.4) is 0 Å². The van der Waals surface area contributed by atoms with Crippen LogP contribution < -0.4 is 9.47 Å². The fourth-order valence-corrected chi connectivity index (χ4v) is 2.97. The second-order valence-electron chi connectivity index (χ2n) is 5.33. The maximum absolute atomic E-state index is 11.3. The fraction of sp³-hybridized carbons (Fsp3) is 0.105. The van der Waals surface area contributed by atoms with E-state index >= 15 is 0 Å². The molecule has 0 spiro atoms. The molecular weight excluding hydrogens is 276 g/mol. The van der Waals surface area contributed by atoms with Crippen molar-refractivity contribution in [3.05, 3.63) is 60.2 Å². The summed E-state index contributed by atoms with van der Waals surface area (Å²) >= 11 is 0. The van der Waals surface area contributed by atoms with Gasteiger partial charge in [0.15, 0.2) is 0 Å². The van der Waals surface area contributed by atoms with Gasteiger partial charge in [-0.05, 0) is 29.3 Å². The number of fused-ring (bicyclic) bond motifs is 5. The van der Waals surface area contributed by atoms with Crippen LogP contribution in [-0.2, 0) is 11.4 Å². The van der Waals surface area contributed by atoms with Gasteiger partial charge in [0.25, 0.3) is 0 Å². The molecule has 4 rings (SSSR count). The molecule has 3 aromatic carbocycles. The van der Waals surface area contributed by atoms with Crippen LogP contribution in [0.1, 0.15) is 12.5 Å². The van der Waals surface area contributed by atoms with E-state index in [9.17, 15) is 4.79 Å². The molecule has 3 aromatic rings. The summed E-state index contributed by atoms with van der Waals surface area (Å²) in [6.45, 7) is 1.96. The molecule has 1 aliphatic rings. The molecule has 0 bridgehead atoms. The van der Waals surface area contributed by atoms with Crippen LogP contribution in [0.15, 0.2) is 54.6 Å². The van der Waals surface area contributed by atoms with E-state index in [4.69, 9.17) is 9.47 Å². The molecule has 0 fully saturated rings. The highest BCUT2D eigenvalue weighted by atomic mass is 16.5. The molecule has 0 saturated carbocycles. The smallest absolute Gasteiger partial charge is 0.308 e. The lowest BCUT2D eigenvalue weighted by molar-refractivity contribution is -0.131. The molecule has 3 nitrogen and oxygen atoms in total. The van der Waals surface area contributed by atoms with Crippen molar-refractivity contribution in [1.82, 2.24) is 0 Å². The standard InChI is InChI=1S/C19H14O3/c1-12(20)22-18-8-4-7-16-15(18)9-10-17-14-6-3-2-5-13(14)11-21-19(16)17/h2-10H,11H2,1H3. The molecule has 22 heavy (non-hydrogen) atoms. The molecular formula is C19H14O3. The van der Waals surface area contributed by atoms with E-state index in [0.717, 1.165) is 22.1 Å². The Morgan fingerprint density at radius 3 is 2.68 bits per heavy atom. The Balaban J connectivity index is 1.97. The van der Waals surface area contributed by atoms with Gasteiger partial charge in [0.2, 0.25) is 0 Å². The molecule has 0 radical (unpaired) electrons. The predicted octanol–water partition coefficient (Wildman–Crippen LogP) is 4.32. The minimum atomic E-state index is -0.323. The van der Waals surface area contributed by atoms with Gasteiger partial charge in [-0.1, -0.05) is 36.4 Å². The topological polar surface area (TPSA) is 35.5 Å². The third-order valence-corrected chi connectivity index (χ3v) is 3.91. The maximum atomic E-state index is 11.3. The van der Waals surface area contributed by atoms with Crippen molar-refractivity contribution in [3.8, 4) is 22.6 Å². The fourth-order valence-electron chi connectivity index (χ4n) is 2.97. The highest BCUT2D eigenvalue weighted by Gasteiger charge is 2.20. The first-order valence-electron chi connectivity index (χ1n) is 7.19. The molecule has 0 N–H and O–H groups in total. The zero-order valence-electron chi connectivity index (χ0n) is 12.1. The van der Waals surface area contributed by atoms with E-state index in [1.165, 1.54) is 18.1 Å². The number of esters is 1. The highest BCUT2D eigenvalue weighted by molar-refractivity contribution is 6.00. The summed E-state index contributed by atoms with van der Waals surface area (Å²) in [6.07, 6.45) is 0. The molecule has 0 unspecified atom stereocenters. The van der Waals surface area contributed by atoms with E-state index in [0.29, 0.717) is 12.4 Å². The van der Waals surface area contributed by atoms with Gasteiger partial charge in [-0.25, -0.2) is 0 Å². The van der Waals surface area contributed by atoms with Crippen molar-refractivity contribution >= 4 is 16.7 Å². The number of rotatable bonds is 1. The van der Waals surface area contributed by atoms with Crippen LogP contribution in [0.2, 0.25) is 0 Å². The lowest BCUT2D eigenvalue weighted by Gasteiger charge is -2.22. The number of carbonyl (C=O) groups is 1. The van der Waals surface area contributed by atoms with E-state index in [1.807, 2.05) is 36.4 Å². The highest BCUT2D eigenvalue weighted by Crippen LogP contribution is 2.43. The van der Waals surface area contributed by atoms with Crippen molar-refractivity contribution in [2.75, 3.05) is 0 Å². The molecule has 0 saturated heterocycles. The van der Waals surface area contributed by atoms with Crippen molar-refractivity contribution in [2.24, 2.45) is 0 Å². The van der Waals surface area contributed by atoms with Crippen molar-refractivity contribution < 1.29 is 14.3 Å². The maximum Gasteiger partial charge on any atom is 0.308 e. The van der Waals surface area contributed by atoms with Crippen molar-refractivity contribution in [2.45, 2.75) is 13.5 Å². The molecule has 1 aliphatic heterocycles. The Bertz CT molecular complexity index is 896. The van der Waals surface area contributed by atoms with Gasteiger partial charge in [-0.3, -0.25) is 4.79 Å². The van der Waals surface area contributed by atoms with Gasteiger partial charge in [0.05, 0.1) is 0 Å². The Labute approximate surface area is 128 Å². The first-order valence-corrected chi connectivity index (χ1v) is 7.19. The Morgan fingerprint density at radius 2 is 1.82 bits per heavy atom. The number of benzene rings is 3. The lowest BCUT2D eigenvalue weighted by atomic mass is 9.94. The molecule has 0 aromatic heterocycles. The van der Waals surface area contributed by atoms with E-state index in [1.54, 1.807) is 6.07 Å². The monoisotopic (exact) mass is 290 g/mol. The third-order valence-electron chi connectivity index (χ3n) is 3.91. The second kappa shape index (κ2) is 4.88. The summed E-state index contributed by atoms with van der Waals surface area (Å²) in [7, 11) is 0. The second-order valence-corrected chi connectivity index (χ2v) is 5.33. The van der Waals surface area contributed by atoms with Gasteiger partial charge in [0, 0.05) is 23.3 Å². The van der Waals surface area contributed by atoms with Gasteiger partial charge in [0.1, 0.15) is 18.1 Å². The summed E-state index contributed by atoms with van der Waals surface area (Å²) in [6, 6.07) is 17.9. The zero-order chi connectivity index (χ0) is 15.1. The van der Waals surface area contributed by atoms with Crippen LogP contribution >= 0.6 is 0 Å². The van der Waals surface area contributed by atoms with Gasteiger partial charge >= 0.3 is 5.97 Å². The number of hydrogen-bond acceptors (Lipinski definition) is 3. The third kappa shape index (κ3) is 1.94. The Kier molecular flexibility index (Phi) is 2.86. The van der Waals surface area contributed by atoms with E-state index in [-0.39, 0.29) is 5.97 Å². The summed E-state index contributed by atoms with van der Waals surface area (Å²) in [5.41, 5.74) is 3.46. The largest absolute Gasteiger partial charge is 0.488 e. The SMILES string of the molecule is CC(=O)Oc1cccc2c3c(ccc12)-c1ccccc1CO3. The van der Waals surface area contributed by atoms with E-state index < -0.39 is 0 Å². The average molecular weight is 290 g/mol. The van der Waals surface area contributed by atoms with Crippen LogP contribution in [0, 0.1) is 0 Å². The van der Waals surface area contributed by atoms with Gasteiger partial charge < -0.3 is 9.47 Å².